The zero-order valence-corrected chi connectivity index (χ0v) is 38.1. The second-order valence-electron chi connectivity index (χ2n) is 21.2. The molecule has 0 aromatic carbocycles. The average molecular weight is 917 g/mol. The van der Waals surface area contributed by atoms with E-state index in [-0.39, 0.29) is 41.5 Å². The number of allylic oxidation sites excluding steroid dienone is 1. The number of methoxy groups -OCH3 is 1. The van der Waals surface area contributed by atoms with E-state index in [1.165, 1.54) is 12.5 Å². The molecule has 8 rings (SSSR count). The van der Waals surface area contributed by atoms with Crippen LogP contribution in [0.1, 0.15) is 92.4 Å². The quantitative estimate of drug-likeness (QED) is 0.107. The summed E-state index contributed by atoms with van der Waals surface area (Å²) < 4.78 is 48.9. The van der Waals surface area contributed by atoms with Crippen LogP contribution in [0.3, 0.4) is 0 Å². The summed E-state index contributed by atoms with van der Waals surface area (Å²) in [6.07, 6.45) is -10.5. The number of aliphatic hydroxyl groups is 10. The first-order valence-electron chi connectivity index (χ1n) is 23.8. The van der Waals surface area contributed by atoms with E-state index in [2.05, 4.69) is 26.8 Å². The lowest BCUT2D eigenvalue weighted by Crippen LogP contribution is -2.64. The van der Waals surface area contributed by atoms with Crippen LogP contribution in [0, 0.1) is 46.3 Å². The average Bonchev–Trinajstić information content (AvgIpc) is 3.74. The Kier molecular flexibility index (Phi) is 14.7. The van der Waals surface area contributed by atoms with Gasteiger partial charge in [0.25, 0.3) is 0 Å². The van der Waals surface area contributed by atoms with E-state index in [0.717, 1.165) is 32.1 Å². The maximum absolute atomic E-state index is 11.2. The summed E-state index contributed by atoms with van der Waals surface area (Å²) >= 11 is 0. The van der Waals surface area contributed by atoms with Crippen molar-refractivity contribution in [2.75, 3.05) is 26.9 Å². The SMILES string of the molecule is CO[C@]1(CC[C@@H](C)CO[C@@H]2O[C@H](CO)[C@@H](O)[C@H](O)[C@H]2O)O[C@H]2C[C@H]3[C@@H]4CC=C5C[C@@H](O[C@@H]6O[C@H](CO)[C@@H](O)[C@H](O)[C@H]6O[C@@H]6O[C@@H](C)[C@H](O)[C@@H](O)[C@H]6O)CC[C@]5(C)[C@H]4CC[C@]3(C)[C@H]2[C@@H]1C. The van der Waals surface area contributed by atoms with E-state index >= 15 is 0 Å². The van der Waals surface area contributed by atoms with Crippen molar-refractivity contribution >= 4 is 0 Å². The van der Waals surface area contributed by atoms with Crippen molar-refractivity contribution in [2.24, 2.45) is 46.3 Å². The Hall–Kier alpha value is -0.980. The highest BCUT2D eigenvalue weighted by molar-refractivity contribution is 5.26. The summed E-state index contributed by atoms with van der Waals surface area (Å²) in [4.78, 5) is 0. The van der Waals surface area contributed by atoms with Gasteiger partial charge in [-0.2, -0.15) is 0 Å². The van der Waals surface area contributed by atoms with Gasteiger partial charge in [0.15, 0.2) is 24.7 Å². The molecule has 18 heteroatoms. The predicted molar refractivity (Wildman–Crippen MR) is 222 cm³/mol. The molecule has 7 fully saturated rings. The third-order valence-corrected chi connectivity index (χ3v) is 17.7. The van der Waals surface area contributed by atoms with Gasteiger partial charge in [-0.3, -0.25) is 0 Å². The third-order valence-electron chi connectivity index (χ3n) is 17.7. The van der Waals surface area contributed by atoms with Crippen molar-refractivity contribution < 1.29 is 89.0 Å². The first kappa shape index (κ1) is 49.4. The minimum absolute atomic E-state index is 0.0284. The highest BCUT2D eigenvalue weighted by Gasteiger charge is 2.68. The molecule has 0 aromatic rings. The van der Waals surface area contributed by atoms with Crippen LogP contribution in [0.25, 0.3) is 0 Å². The Bertz CT molecular complexity index is 1620. The molecule has 3 saturated carbocycles. The van der Waals surface area contributed by atoms with Crippen molar-refractivity contribution in [3.8, 4) is 0 Å². The van der Waals surface area contributed by atoms with Crippen molar-refractivity contribution in [2.45, 2.75) is 203 Å². The number of rotatable bonds is 13. The van der Waals surface area contributed by atoms with Gasteiger partial charge in [-0.1, -0.05) is 39.3 Å². The van der Waals surface area contributed by atoms with E-state index in [1.807, 2.05) is 6.92 Å². The number of fused-ring (bicyclic) bond motifs is 7. The first-order chi connectivity index (χ1) is 30.3. The molecule has 0 unspecified atom stereocenters. The summed E-state index contributed by atoms with van der Waals surface area (Å²) in [5.41, 5.74) is 1.36. The monoisotopic (exact) mass is 917 g/mol. The minimum Gasteiger partial charge on any atom is -0.394 e. The number of ether oxygens (including phenoxy) is 8. The molecule has 0 spiro atoms. The molecule has 8 aliphatic rings. The largest absolute Gasteiger partial charge is 0.394 e. The molecule has 26 atom stereocenters. The van der Waals surface area contributed by atoms with Gasteiger partial charge in [0.2, 0.25) is 0 Å². The van der Waals surface area contributed by atoms with Crippen LogP contribution < -0.4 is 0 Å². The van der Waals surface area contributed by atoms with Gasteiger partial charge in [0, 0.05) is 19.4 Å². The van der Waals surface area contributed by atoms with E-state index in [9.17, 15) is 51.1 Å². The number of aliphatic hydroxyl groups excluding tert-OH is 10. The smallest absolute Gasteiger partial charge is 0.187 e. The van der Waals surface area contributed by atoms with Crippen LogP contribution in [0.4, 0.5) is 0 Å². The summed E-state index contributed by atoms with van der Waals surface area (Å²) in [5, 5.41) is 104. The lowest BCUT2D eigenvalue weighted by Gasteiger charge is -2.58. The maximum atomic E-state index is 11.2. The van der Waals surface area contributed by atoms with Crippen LogP contribution in [-0.2, 0) is 37.9 Å². The second kappa shape index (κ2) is 19.1. The van der Waals surface area contributed by atoms with Gasteiger partial charge < -0.3 is 89.0 Å². The first-order valence-corrected chi connectivity index (χ1v) is 23.8. The fourth-order valence-corrected chi connectivity index (χ4v) is 13.8. The van der Waals surface area contributed by atoms with Gasteiger partial charge >= 0.3 is 0 Å². The molecular formula is C46H76O18. The van der Waals surface area contributed by atoms with E-state index in [4.69, 9.17) is 37.9 Å². The molecule has 0 radical (unpaired) electrons. The van der Waals surface area contributed by atoms with Crippen LogP contribution >= 0.6 is 0 Å². The molecule has 368 valence electrons. The van der Waals surface area contributed by atoms with Crippen molar-refractivity contribution in [3.05, 3.63) is 11.6 Å². The second-order valence-corrected chi connectivity index (χ2v) is 21.2. The standard InChI is InChI=1S/C46H76O18/c1-20(19-58-41-38(55)36(53)33(50)29(17-47)61-41)9-14-46(57-6)21(2)31-28(64-46)16-27-25-8-7-23-15-24(10-12-44(23,4)26(25)11-13-45(27,31)5)60-43-40(37(54)34(51)30(18-48)62-43)63-42-39(56)35(52)32(49)22(3)59-42/h7,20-22,24-43,47-56H,8-19H2,1-6H3/t20-,21+,22+,24+,25-,26+,27+,28+,29-,30-,31+,32+,33-,34-,35-,36+,37+,38-,39-,40-,41-,42+,43-,44+,45+,46-/m1/s1. The van der Waals surface area contributed by atoms with Crippen molar-refractivity contribution in [1.29, 1.82) is 0 Å². The minimum atomic E-state index is -1.64. The van der Waals surface area contributed by atoms with Crippen LogP contribution in [0.15, 0.2) is 11.6 Å². The zero-order valence-electron chi connectivity index (χ0n) is 38.1. The predicted octanol–water partition coefficient (Wildman–Crippen LogP) is -0.177. The lowest BCUT2D eigenvalue weighted by molar-refractivity contribution is -0.369. The molecule has 4 saturated heterocycles. The Morgan fingerprint density at radius 2 is 1.41 bits per heavy atom. The molecule has 4 aliphatic carbocycles. The van der Waals surface area contributed by atoms with Crippen molar-refractivity contribution in [3.63, 3.8) is 0 Å². The fraction of sp³-hybridized carbons (Fsp3) is 0.957. The molecule has 64 heavy (non-hydrogen) atoms. The zero-order chi connectivity index (χ0) is 46.2. The molecule has 0 amide bonds. The molecular weight excluding hydrogens is 840 g/mol. The Morgan fingerprint density at radius 3 is 2.09 bits per heavy atom. The Labute approximate surface area is 375 Å². The normalized spacial score (nSPS) is 54.3. The maximum Gasteiger partial charge on any atom is 0.187 e. The van der Waals surface area contributed by atoms with Gasteiger partial charge in [-0.05, 0) is 98.7 Å². The summed E-state index contributed by atoms with van der Waals surface area (Å²) in [6.45, 7) is 9.84. The lowest BCUT2D eigenvalue weighted by atomic mass is 9.47. The molecule has 0 bridgehead atoms. The van der Waals surface area contributed by atoms with Crippen LogP contribution in [0.2, 0.25) is 0 Å². The van der Waals surface area contributed by atoms with Crippen molar-refractivity contribution in [1.82, 2.24) is 0 Å². The highest BCUT2D eigenvalue weighted by atomic mass is 16.8. The summed E-state index contributed by atoms with van der Waals surface area (Å²) in [5.74, 6) is 1.17. The van der Waals surface area contributed by atoms with Crippen LogP contribution in [0.5, 0.6) is 0 Å². The van der Waals surface area contributed by atoms with Gasteiger partial charge in [-0.25, -0.2) is 0 Å². The Balaban J connectivity index is 0.896. The van der Waals surface area contributed by atoms with Gasteiger partial charge in [0.05, 0.1) is 38.1 Å². The van der Waals surface area contributed by atoms with Crippen LogP contribution in [-0.4, -0.2) is 188 Å². The molecule has 18 nitrogen and oxygen atoms in total. The molecule has 0 aromatic heterocycles. The topological polar surface area (TPSA) is 276 Å². The molecule has 4 heterocycles. The van der Waals surface area contributed by atoms with E-state index in [1.54, 1.807) is 7.11 Å². The number of hydrogen-bond donors (Lipinski definition) is 10. The highest BCUT2D eigenvalue weighted by Crippen LogP contribution is 2.70. The van der Waals surface area contributed by atoms with E-state index in [0.29, 0.717) is 49.4 Å². The molecule has 4 aliphatic heterocycles. The summed E-state index contributed by atoms with van der Waals surface area (Å²) in [7, 11) is 1.73. The van der Waals surface area contributed by atoms with Gasteiger partial charge in [-0.15, -0.1) is 0 Å². The summed E-state index contributed by atoms with van der Waals surface area (Å²) in [6, 6.07) is 0. The van der Waals surface area contributed by atoms with Gasteiger partial charge in [0.1, 0.15) is 67.1 Å². The van der Waals surface area contributed by atoms with E-state index < -0.39 is 111 Å². The molecule has 10 N–H and O–H groups in total. The fourth-order valence-electron chi connectivity index (χ4n) is 13.8. The number of hydrogen-bond acceptors (Lipinski definition) is 18. The third kappa shape index (κ3) is 8.48. The Morgan fingerprint density at radius 1 is 0.750 bits per heavy atom.